The van der Waals surface area contributed by atoms with Crippen molar-refractivity contribution < 1.29 is 12.8 Å². The van der Waals surface area contributed by atoms with Crippen LogP contribution in [-0.2, 0) is 16.6 Å². The number of rotatable bonds is 4. The van der Waals surface area contributed by atoms with E-state index in [0.717, 1.165) is 12.1 Å². The van der Waals surface area contributed by atoms with Crippen LogP contribution in [0.2, 0.25) is 5.02 Å². The summed E-state index contributed by atoms with van der Waals surface area (Å²) in [6.07, 6.45) is 0. The van der Waals surface area contributed by atoms with Gasteiger partial charge in [0.15, 0.2) is 0 Å². The zero-order chi connectivity index (χ0) is 15.6. The fourth-order valence-corrected chi connectivity index (χ4v) is 3.98. The number of nitrogens with two attached hydrogens (primary N) is 1. The van der Waals surface area contributed by atoms with E-state index in [1.165, 1.54) is 12.1 Å². The molecule has 8 heteroatoms. The molecule has 0 aliphatic carbocycles. The van der Waals surface area contributed by atoms with Crippen LogP contribution in [0.25, 0.3) is 0 Å². The number of nitrogens with one attached hydrogen (secondary N) is 1. The lowest BCUT2D eigenvalue weighted by Gasteiger charge is -2.11. The van der Waals surface area contributed by atoms with Crippen LogP contribution in [-0.4, -0.2) is 8.42 Å². The quantitative estimate of drug-likeness (QED) is 0.835. The SMILES string of the molecule is NCc1ccc(Br)c(S(=O)(=O)Nc2cc(F)cc(Cl)c2)c1. The maximum atomic E-state index is 13.3. The molecule has 2 aromatic rings. The largest absolute Gasteiger partial charge is 0.326 e. The molecule has 0 aliphatic rings. The Bertz CT molecular complexity index is 763. The van der Waals surface area contributed by atoms with Crippen LogP contribution >= 0.6 is 27.5 Å². The van der Waals surface area contributed by atoms with Gasteiger partial charge in [-0.3, -0.25) is 4.72 Å². The fraction of sp³-hybridized carbons (Fsp3) is 0.0769. The van der Waals surface area contributed by atoms with E-state index in [0.29, 0.717) is 10.0 Å². The molecule has 0 unspecified atom stereocenters. The van der Waals surface area contributed by atoms with Crippen LogP contribution in [0.3, 0.4) is 0 Å². The molecule has 21 heavy (non-hydrogen) atoms. The predicted molar refractivity (Wildman–Crippen MR) is 84.3 cm³/mol. The molecule has 0 fully saturated rings. The summed E-state index contributed by atoms with van der Waals surface area (Å²) in [6, 6.07) is 8.21. The Hall–Kier alpha value is -1.15. The summed E-state index contributed by atoms with van der Waals surface area (Å²) >= 11 is 8.88. The van der Waals surface area contributed by atoms with Crippen LogP contribution in [0.1, 0.15) is 5.56 Å². The first-order chi connectivity index (χ1) is 9.81. The third kappa shape index (κ3) is 3.94. The van der Waals surface area contributed by atoms with Gasteiger partial charge in [-0.15, -0.1) is 0 Å². The first-order valence-electron chi connectivity index (χ1n) is 5.79. The maximum absolute atomic E-state index is 13.3. The highest BCUT2D eigenvalue weighted by atomic mass is 79.9. The number of hydrogen-bond acceptors (Lipinski definition) is 3. The number of halogens is 3. The van der Waals surface area contributed by atoms with Crippen molar-refractivity contribution in [3.8, 4) is 0 Å². The minimum atomic E-state index is -3.89. The Morgan fingerprint density at radius 3 is 2.57 bits per heavy atom. The molecule has 0 aliphatic heterocycles. The summed E-state index contributed by atoms with van der Waals surface area (Å²) in [5.41, 5.74) is 6.22. The predicted octanol–water partition coefficient (Wildman–Crippen LogP) is 3.50. The topological polar surface area (TPSA) is 72.2 Å². The fourth-order valence-electron chi connectivity index (χ4n) is 1.70. The third-order valence-electron chi connectivity index (χ3n) is 2.64. The second-order valence-electron chi connectivity index (χ2n) is 4.23. The molecular weight excluding hydrogens is 383 g/mol. The second-order valence-corrected chi connectivity index (χ2v) is 7.17. The van der Waals surface area contributed by atoms with E-state index >= 15 is 0 Å². The Kier molecular flexibility index (Phi) is 4.88. The number of benzene rings is 2. The average Bonchev–Trinajstić information content (AvgIpc) is 2.37. The Labute approximate surface area is 135 Å². The minimum absolute atomic E-state index is 0.0193. The normalized spacial score (nSPS) is 11.4. The summed E-state index contributed by atoms with van der Waals surface area (Å²) in [5.74, 6) is -0.630. The molecular formula is C13H11BrClFN2O2S. The van der Waals surface area contributed by atoms with Crippen molar-refractivity contribution in [1.82, 2.24) is 0 Å². The first kappa shape index (κ1) is 16.2. The van der Waals surface area contributed by atoms with Gasteiger partial charge in [-0.25, -0.2) is 12.8 Å². The smallest absolute Gasteiger partial charge is 0.263 e. The molecule has 112 valence electrons. The molecule has 0 bridgehead atoms. The van der Waals surface area contributed by atoms with Gasteiger partial charge in [-0.2, -0.15) is 0 Å². The monoisotopic (exact) mass is 392 g/mol. The number of hydrogen-bond donors (Lipinski definition) is 2. The van der Waals surface area contributed by atoms with E-state index in [1.54, 1.807) is 12.1 Å². The van der Waals surface area contributed by atoms with Gasteiger partial charge in [0.2, 0.25) is 0 Å². The Balaban J connectivity index is 2.42. The lowest BCUT2D eigenvalue weighted by Crippen LogP contribution is -2.14. The second kappa shape index (κ2) is 6.31. The van der Waals surface area contributed by atoms with Gasteiger partial charge >= 0.3 is 0 Å². The highest BCUT2D eigenvalue weighted by Gasteiger charge is 2.18. The summed E-state index contributed by atoms with van der Waals surface area (Å²) in [6.45, 7) is 0.210. The zero-order valence-electron chi connectivity index (χ0n) is 10.6. The van der Waals surface area contributed by atoms with Crippen LogP contribution < -0.4 is 10.5 Å². The molecule has 0 aromatic heterocycles. The summed E-state index contributed by atoms with van der Waals surface area (Å²) in [4.78, 5) is 0.0193. The molecule has 2 aromatic carbocycles. The van der Waals surface area contributed by atoms with Crippen molar-refractivity contribution >= 4 is 43.2 Å². The molecule has 0 amide bonds. The first-order valence-corrected chi connectivity index (χ1v) is 8.44. The standard InChI is InChI=1S/C13H11BrClFN2O2S/c14-12-2-1-8(7-17)3-13(12)21(19,20)18-11-5-9(15)4-10(16)6-11/h1-6,18H,7,17H2. The van der Waals surface area contributed by atoms with Crippen molar-refractivity contribution in [3.63, 3.8) is 0 Å². The van der Waals surface area contributed by atoms with Crippen molar-refractivity contribution in [3.05, 3.63) is 57.3 Å². The van der Waals surface area contributed by atoms with Gasteiger partial charge in [0.05, 0.1) is 5.69 Å². The van der Waals surface area contributed by atoms with Crippen molar-refractivity contribution in [2.24, 2.45) is 5.73 Å². The molecule has 0 heterocycles. The van der Waals surface area contributed by atoms with Crippen molar-refractivity contribution in [2.45, 2.75) is 11.4 Å². The number of anilines is 1. The average molecular weight is 394 g/mol. The van der Waals surface area contributed by atoms with Crippen LogP contribution in [0.5, 0.6) is 0 Å². The Morgan fingerprint density at radius 2 is 1.95 bits per heavy atom. The van der Waals surface area contributed by atoms with Gasteiger partial charge in [0, 0.05) is 16.0 Å². The van der Waals surface area contributed by atoms with Crippen LogP contribution in [0.15, 0.2) is 45.8 Å². The van der Waals surface area contributed by atoms with E-state index in [1.807, 2.05) is 0 Å². The molecule has 2 rings (SSSR count). The van der Waals surface area contributed by atoms with E-state index in [2.05, 4.69) is 20.7 Å². The molecule has 0 saturated heterocycles. The van der Waals surface area contributed by atoms with E-state index in [4.69, 9.17) is 17.3 Å². The Morgan fingerprint density at radius 1 is 1.24 bits per heavy atom. The lowest BCUT2D eigenvalue weighted by molar-refractivity contribution is 0.600. The van der Waals surface area contributed by atoms with Crippen molar-refractivity contribution in [2.75, 3.05) is 4.72 Å². The van der Waals surface area contributed by atoms with Gasteiger partial charge < -0.3 is 5.73 Å². The van der Waals surface area contributed by atoms with Crippen LogP contribution in [0, 0.1) is 5.82 Å². The maximum Gasteiger partial charge on any atom is 0.263 e. The molecule has 4 nitrogen and oxygen atoms in total. The van der Waals surface area contributed by atoms with Gasteiger partial charge in [0.25, 0.3) is 10.0 Å². The van der Waals surface area contributed by atoms with Crippen molar-refractivity contribution in [1.29, 1.82) is 0 Å². The van der Waals surface area contributed by atoms with E-state index in [-0.39, 0.29) is 22.2 Å². The third-order valence-corrected chi connectivity index (χ3v) is 5.23. The summed E-state index contributed by atoms with van der Waals surface area (Å²) in [7, 11) is -3.89. The van der Waals surface area contributed by atoms with Gasteiger partial charge in [0.1, 0.15) is 10.7 Å². The number of sulfonamides is 1. The van der Waals surface area contributed by atoms with Crippen LogP contribution in [0.4, 0.5) is 10.1 Å². The van der Waals surface area contributed by atoms with E-state index in [9.17, 15) is 12.8 Å². The van der Waals surface area contributed by atoms with Gasteiger partial charge in [-0.1, -0.05) is 17.7 Å². The molecule has 0 spiro atoms. The highest BCUT2D eigenvalue weighted by Crippen LogP contribution is 2.26. The molecule has 0 saturated carbocycles. The molecule has 0 radical (unpaired) electrons. The molecule has 3 N–H and O–H groups in total. The zero-order valence-corrected chi connectivity index (χ0v) is 13.8. The highest BCUT2D eigenvalue weighted by molar-refractivity contribution is 9.10. The summed E-state index contributed by atoms with van der Waals surface area (Å²) in [5, 5.41) is 0.0995. The molecule has 0 atom stereocenters. The van der Waals surface area contributed by atoms with E-state index < -0.39 is 15.8 Å². The minimum Gasteiger partial charge on any atom is -0.326 e. The lowest BCUT2D eigenvalue weighted by atomic mass is 10.2. The summed E-state index contributed by atoms with van der Waals surface area (Å²) < 4.78 is 40.7. The van der Waals surface area contributed by atoms with Gasteiger partial charge in [-0.05, 0) is 51.8 Å².